The number of imide groups is 1. The number of hydrogen-bond donors (Lipinski definition) is 1. The fraction of sp³-hybridized carbons (Fsp3) is 0.238. The summed E-state index contributed by atoms with van der Waals surface area (Å²) in [6, 6.07) is 12.1. The lowest BCUT2D eigenvalue weighted by Gasteiger charge is -2.16. The topological polar surface area (TPSA) is 110 Å². The normalized spacial score (nSPS) is 14.1. The number of aliphatic hydroxyl groups excluding tert-OH is 1. The Hall–Kier alpha value is -3.17. The zero-order chi connectivity index (χ0) is 21.8. The van der Waals surface area contributed by atoms with Crippen molar-refractivity contribution in [1.82, 2.24) is 0 Å². The molecule has 1 heterocycles. The molecule has 2 amide bonds. The van der Waals surface area contributed by atoms with Crippen molar-refractivity contribution in [3.05, 3.63) is 69.1 Å². The van der Waals surface area contributed by atoms with Gasteiger partial charge in [-0.3, -0.25) is 19.7 Å². The maximum atomic E-state index is 13.2. The summed E-state index contributed by atoms with van der Waals surface area (Å²) >= 11 is 1.08. The van der Waals surface area contributed by atoms with Crippen LogP contribution in [-0.2, 0) is 9.59 Å². The maximum absolute atomic E-state index is 13.2. The molecule has 0 saturated carbocycles. The number of thioether (sulfide) groups is 1. The van der Waals surface area contributed by atoms with Crippen LogP contribution >= 0.6 is 11.8 Å². The molecule has 1 N–H and O–H groups in total. The summed E-state index contributed by atoms with van der Waals surface area (Å²) in [4.78, 5) is 37.9. The molecule has 0 saturated heterocycles. The molecule has 1 aliphatic heterocycles. The Balaban J connectivity index is 1.97. The van der Waals surface area contributed by atoms with Crippen LogP contribution in [0.25, 0.3) is 5.57 Å². The van der Waals surface area contributed by atoms with Crippen molar-refractivity contribution in [1.29, 1.82) is 0 Å². The molecule has 0 bridgehead atoms. The average molecular weight is 428 g/mol. The summed E-state index contributed by atoms with van der Waals surface area (Å²) in [6.45, 7) is 3.63. The number of nitro groups is 1. The van der Waals surface area contributed by atoms with Crippen LogP contribution in [-0.4, -0.2) is 40.3 Å². The number of amides is 2. The predicted molar refractivity (Wildman–Crippen MR) is 114 cm³/mol. The molecular weight excluding hydrogens is 408 g/mol. The molecule has 3 rings (SSSR count). The number of hydrogen-bond acceptors (Lipinski definition) is 7. The number of benzene rings is 2. The van der Waals surface area contributed by atoms with Crippen molar-refractivity contribution < 1.29 is 24.4 Å². The molecule has 2 aromatic rings. The number of non-ortho nitro benzene ring substituents is 1. The number of anilines is 1. The minimum atomic E-state index is -0.533. The summed E-state index contributed by atoms with van der Waals surface area (Å²) in [5.41, 5.74) is 0.843. The lowest BCUT2D eigenvalue weighted by Crippen LogP contribution is -2.31. The molecule has 156 valence electrons. The molecule has 0 aliphatic carbocycles. The Bertz CT molecular complexity index is 999. The van der Waals surface area contributed by atoms with Gasteiger partial charge in [-0.2, -0.15) is 0 Å². The standard InChI is InChI=1S/C21H20N2O6S/c1-13(2)29-17-9-7-15(8-10-17)22-20(25)18(19(21(22)26)30-12-11-24)14-3-5-16(6-4-14)23(27)28/h3-10,13,24H,11-12H2,1-2H3. The first-order chi connectivity index (χ1) is 14.3. The van der Waals surface area contributed by atoms with E-state index in [4.69, 9.17) is 4.74 Å². The zero-order valence-corrected chi connectivity index (χ0v) is 17.2. The number of nitrogens with zero attached hydrogens (tertiary/aromatic N) is 2. The smallest absolute Gasteiger partial charge is 0.272 e. The fourth-order valence-electron chi connectivity index (χ4n) is 2.98. The van der Waals surface area contributed by atoms with Crippen LogP contribution in [0, 0.1) is 10.1 Å². The zero-order valence-electron chi connectivity index (χ0n) is 16.4. The highest BCUT2D eigenvalue weighted by atomic mass is 32.2. The van der Waals surface area contributed by atoms with E-state index in [1.54, 1.807) is 24.3 Å². The Morgan fingerprint density at radius 1 is 1.07 bits per heavy atom. The van der Waals surface area contributed by atoms with E-state index in [2.05, 4.69) is 0 Å². The SMILES string of the molecule is CC(C)Oc1ccc(N2C(=O)C(SCCO)=C(c3ccc([N+](=O)[O-])cc3)C2=O)cc1. The largest absolute Gasteiger partial charge is 0.491 e. The molecule has 30 heavy (non-hydrogen) atoms. The number of carbonyl (C=O) groups is 2. The Morgan fingerprint density at radius 2 is 1.70 bits per heavy atom. The average Bonchev–Trinajstić information content (AvgIpc) is 2.96. The minimum Gasteiger partial charge on any atom is -0.491 e. The first-order valence-electron chi connectivity index (χ1n) is 9.21. The van der Waals surface area contributed by atoms with E-state index in [0.717, 1.165) is 16.7 Å². The first kappa shape index (κ1) is 21.5. The van der Waals surface area contributed by atoms with Crippen molar-refractivity contribution in [2.75, 3.05) is 17.3 Å². The molecular formula is C21H20N2O6S. The molecule has 8 nitrogen and oxygen atoms in total. The highest BCUT2D eigenvalue weighted by Crippen LogP contribution is 2.39. The van der Waals surface area contributed by atoms with E-state index >= 15 is 0 Å². The van der Waals surface area contributed by atoms with Crippen LogP contribution < -0.4 is 9.64 Å². The van der Waals surface area contributed by atoms with Gasteiger partial charge in [-0.1, -0.05) is 0 Å². The molecule has 0 radical (unpaired) electrons. The van der Waals surface area contributed by atoms with Gasteiger partial charge in [-0.25, -0.2) is 4.90 Å². The molecule has 0 atom stereocenters. The van der Waals surface area contributed by atoms with Gasteiger partial charge in [-0.15, -0.1) is 11.8 Å². The van der Waals surface area contributed by atoms with Crippen LogP contribution in [0.3, 0.4) is 0 Å². The van der Waals surface area contributed by atoms with Crippen molar-refractivity contribution >= 4 is 40.5 Å². The second-order valence-corrected chi connectivity index (χ2v) is 7.79. The molecule has 0 aromatic heterocycles. The summed E-state index contributed by atoms with van der Waals surface area (Å²) in [6.07, 6.45) is -0.0113. The quantitative estimate of drug-likeness (QED) is 0.390. The maximum Gasteiger partial charge on any atom is 0.272 e. The summed E-state index contributed by atoms with van der Waals surface area (Å²) in [5.74, 6) is -0.165. The van der Waals surface area contributed by atoms with Crippen LogP contribution in [0.1, 0.15) is 19.4 Å². The summed E-state index contributed by atoms with van der Waals surface area (Å²) < 4.78 is 5.59. The van der Waals surface area contributed by atoms with Gasteiger partial charge in [0.25, 0.3) is 17.5 Å². The molecule has 0 fully saturated rings. The van der Waals surface area contributed by atoms with Gasteiger partial charge >= 0.3 is 0 Å². The summed E-state index contributed by atoms with van der Waals surface area (Å²) in [5, 5.41) is 20.1. The van der Waals surface area contributed by atoms with Crippen LogP contribution in [0.15, 0.2) is 53.4 Å². The lowest BCUT2D eigenvalue weighted by atomic mass is 10.1. The van der Waals surface area contributed by atoms with E-state index in [-0.39, 0.29) is 34.6 Å². The number of rotatable bonds is 8. The third-order valence-corrected chi connectivity index (χ3v) is 5.27. The Labute approximate surface area is 177 Å². The number of ether oxygens (including phenoxy) is 1. The van der Waals surface area contributed by atoms with Gasteiger partial charge < -0.3 is 9.84 Å². The van der Waals surface area contributed by atoms with E-state index in [1.807, 2.05) is 13.8 Å². The van der Waals surface area contributed by atoms with Crippen molar-refractivity contribution in [2.24, 2.45) is 0 Å². The van der Waals surface area contributed by atoms with E-state index < -0.39 is 16.7 Å². The monoisotopic (exact) mass is 428 g/mol. The second kappa shape index (κ2) is 9.10. The van der Waals surface area contributed by atoms with Gasteiger partial charge in [0.05, 0.1) is 33.8 Å². The summed E-state index contributed by atoms with van der Waals surface area (Å²) in [7, 11) is 0. The molecule has 0 spiro atoms. The third-order valence-electron chi connectivity index (χ3n) is 4.21. The Kier molecular flexibility index (Phi) is 6.53. The van der Waals surface area contributed by atoms with Gasteiger partial charge in [0.15, 0.2) is 0 Å². The lowest BCUT2D eigenvalue weighted by molar-refractivity contribution is -0.384. The highest BCUT2D eigenvalue weighted by molar-refractivity contribution is 8.04. The fourth-order valence-corrected chi connectivity index (χ4v) is 3.84. The molecule has 9 heteroatoms. The van der Waals surface area contributed by atoms with Crippen LogP contribution in [0.5, 0.6) is 5.75 Å². The first-order valence-corrected chi connectivity index (χ1v) is 10.2. The van der Waals surface area contributed by atoms with Crippen LogP contribution in [0.4, 0.5) is 11.4 Å². The van der Waals surface area contributed by atoms with E-state index in [1.165, 1.54) is 24.3 Å². The number of nitro benzene ring substituents is 1. The molecule has 0 unspecified atom stereocenters. The van der Waals surface area contributed by atoms with Gasteiger partial charge in [0.2, 0.25) is 0 Å². The van der Waals surface area contributed by atoms with Crippen molar-refractivity contribution in [3.63, 3.8) is 0 Å². The number of carbonyl (C=O) groups excluding carboxylic acids is 2. The molecule has 2 aromatic carbocycles. The van der Waals surface area contributed by atoms with E-state index in [9.17, 15) is 24.8 Å². The molecule has 1 aliphatic rings. The van der Waals surface area contributed by atoms with Crippen LogP contribution in [0.2, 0.25) is 0 Å². The van der Waals surface area contributed by atoms with Gasteiger partial charge in [0.1, 0.15) is 5.75 Å². The predicted octanol–water partition coefficient (Wildman–Crippen LogP) is 3.39. The van der Waals surface area contributed by atoms with Crippen molar-refractivity contribution in [3.8, 4) is 5.75 Å². The highest BCUT2D eigenvalue weighted by Gasteiger charge is 2.40. The van der Waals surface area contributed by atoms with E-state index in [0.29, 0.717) is 17.0 Å². The second-order valence-electron chi connectivity index (χ2n) is 6.69. The number of aliphatic hydroxyl groups is 1. The Morgan fingerprint density at radius 3 is 2.23 bits per heavy atom. The van der Waals surface area contributed by atoms with Gasteiger partial charge in [-0.05, 0) is 55.8 Å². The third kappa shape index (κ3) is 4.37. The van der Waals surface area contributed by atoms with Gasteiger partial charge in [0, 0.05) is 17.9 Å². The minimum absolute atomic E-state index is 0.0113. The van der Waals surface area contributed by atoms with Crippen molar-refractivity contribution in [2.45, 2.75) is 20.0 Å².